The van der Waals surface area contributed by atoms with E-state index in [4.69, 9.17) is 5.73 Å². The van der Waals surface area contributed by atoms with Crippen LogP contribution in [-0.2, 0) is 0 Å². The van der Waals surface area contributed by atoms with E-state index in [1.165, 1.54) is 6.08 Å². The van der Waals surface area contributed by atoms with Gasteiger partial charge < -0.3 is 16.4 Å². The molecule has 4 unspecified atom stereocenters. The van der Waals surface area contributed by atoms with Gasteiger partial charge in [-0.2, -0.15) is 0 Å². The molecule has 0 fully saturated rings. The number of amides is 2. The van der Waals surface area contributed by atoms with E-state index in [9.17, 15) is 13.6 Å². The molecule has 0 bridgehead atoms. The summed E-state index contributed by atoms with van der Waals surface area (Å²) in [5, 5.41) is 5.23. The van der Waals surface area contributed by atoms with Gasteiger partial charge in [0.2, 0.25) is 0 Å². The fraction of sp³-hybridized carbons (Fsp3) is 0.615. The minimum absolute atomic E-state index is 0.0300. The second-order valence-corrected chi connectivity index (χ2v) is 5.06. The molecule has 2 amide bonds. The van der Waals surface area contributed by atoms with Gasteiger partial charge in [0.25, 0.3) is 0 Å². The van der Waals surface area contributed by atoms with Crippen molar-refractivity contribution in [2.75, 3.05) is 0 Å². The molecule has 0 saturated carbocycles. The van der Waals surface area contributed by atoms with E-state index in [2.05, 4.69) is 10.6 Å². The first kappa shape index (κ1) is 13.8. The first-order valence-electron chi connectivity index (χ1n) is 6.52. The molecule has 0 aromatic rings. The fourth-order valence-electron chi connectivity index (χ4n) is 2.41. The van der Waals surface area contributed by atoms with Gasteiger partial charge in [0, 0.05) is 24.6 Å². The quantitative estimate of drug-likeness (QED) is 0.669. The number of hydrogen-bond donors (Lipinski definition) is 3. The van der Waals surface area contributed by atoms with Crippen molar-refractivity contribution in [3.8, 4) is 0 Å². The van der Waals surface area contributed by atoms with Crippen LogP contribution in [0.2, 0.25) is 0 Å². The predicted molar refractivity (Wildman–Crippen MR) is 68.9 cm³/mol. The van der Waals surface area contributed by atoms with Crippen LogP contribution in [0.1, 0.15) is 25.7 Å². The molecule has 0 heterocycles. The largest absolute Gasteiger partial charge is 0.402 e. The monoisotopic (exact) mass is 271 g/mol. The van der Waals surface area contributed by atoms with Crippen molar-refractivity contribution in [2.45, 2.75) is 50.1 Å². The standard InChI is InChI=1S/C13H19F2N3O/c14-8-4-5-11(15)12(6-8)18-13(19)17-10-3-1-2-9(16)7-10/h2,4-5,8,10-12H,1,3,6-7,16H2,(H2,17,18,19). The van der Waals surface area contributed by atoms with Crippen molar-refractivity contribution in [1.29, 1.82) is 0 Å². The maximum atomic E-state index is 13.5. The normalized spacial score (nSPS) is 34.5. The third kappa shape index (κ3) is 3.94. The number of carbonyl (C=O) groups excluding carboxylic acids is 1. The van der Waals surface area contributed by atoms with Crippen molar-refractivity contribution >= 4 is 6.03 Å². The lowest BCUT2D eigenvalue weighted by molar-refractivity contribution is 0.204. The van der Waals surface area contributed by atoms with Crippen molar-refractivity contribution in [3.63, 3.8) is 0 Å². The zero-order valence-electron chi connectivity index (χ0n) is 10.6. The third-order valence-electron chi connectivity index (χ3n) is 3.42. The average Bonchev–Trinajstić information content (AvgIpc) is 2.34. The Labute approximate surface area is 111 Å². The first-order chi connectivity index (χ1) is 9.04. The van der Waals surface area contributed by atoms with Crippen LogP contribution >= 0.6 is 0 Å². The molecular weight excluding hydrogens is 252 g/mol. The van der Waals surface area contributed by atoms with E-state index in [1.807, 2.05) is 6.08 Å². The lowest BCUT2D eigenvalue weighted by atomic mass is 9.98. The van der Waals surface area contributed by atoms with Crippen LogP contribution in [0, 0.1) is 0 Å². The van der Waals surface area contributed by atoms with Crippen LogP contribution in [0.15, 0.2) is 23.9 Å². The number of alkyl halides is 2. The SMILES string of the molecule is NC1=CCCC(NC(=O)NC2CC(F)C=CC2F)C1. The van der Waals surface area contributed by atoms with Gasteiger partial charge in [0.15, 0.2) is 0 Å². The Kier molecular flexibility index (Phi) is 4.39. The maximum Gasteiger partial charge on any atom is 0.315 e. The van der Waals surface area contributed by atoms with E-state index in [0.717, 1.165) is 24.6 Å². The summed E-state index contributed by atoms with van der Waals surface area (Å²) in [5.74, 6) is 0. The van der Waals surface area contributed by atoms with Gasteiger partial charge in [-0.25, -0.2) is 13.6 Å². The summed E-state index contributed by atoms with van der Waals surface area (Å²) in [5.41, 5.74) is 6.45. The summed E-state index contributed by atoms with van der Waals surface area (Å²) >= 11 is 0. The van der Waals surface area contributed by atoms with E-state index in [1.54, 1.807) is 0 Å². The number of urea groups is 1. The number of nitrogens with two attached hydrogens (primary N) is 1. The van der Waals surface area contributed by atoms with Crippen molar-refractivity contribution in [2.24, 2.45) is 5.73 Å². The maximum absolute atomic E-state index is 13.5. The van der Waals surface area contributed by atoms with Gasteiger partial charge in [0.05, 0.1) is 6.04 Å². The van der Waals surface area contributed by atoms with Crippen LogP contribution in [-0.4, -0.2) is 30.5 Å². The molecule has 2 aliphatic rings. The molecule has 19 heavy (non-hydrogen) atoms. The molecule has 2 aliphatic carbocycles. The molecule has 2 rings (SSSR count). The van der Waals surface area contributed by atoms with Crippen molar-refractivity contribution in [3.05, 3.63) is 23.9 Å². The van der Waals surface area contributed by atoms with Gasteiger partial charge in [-0.15, -0.1) is 0 Å². The van der Waals surface area contributed by atoms with Crippen LogP contribution in [0.3, 0.4) is 0 Å². The van der Waals surface area contributed by atoms with E-state index in [0.29, 0.717) is 6.42 Å². The average molecular weight is 271 g/mol. The Bertz CT molecular complexity index is 397. The highest BCUT2D eigenvalue weighted by Crippen LogP contribution is 2.18. The van der Waals surface area contributed by atoms with Crippen molar-refractivity contribution < 1.29 is 13.6 Å². The van der Waals surface area contributed by atoms with E-state index >= 15 is 0 Å². The fourth-order valence-corrected chi connectivity index (χ4v) is 2.41. The highest BCUT2D eigenvalue weighted by atomic mass is 19.1. The molecule has 106 valence electrons. The second kappa shape index (κ2) is 6.04. The smallest absolute Gasteiger partial charge is 0.315 e. The molecule has 0 radical (unpaired) electrons. The summed E-state index contributed by atoms with van der Waals surface area (Å²) in [4.78, 5) is 11.7. The lowest BCUT2D eigenvalue weighted by Gasteiger charge is -2.27. The van der Waals surface area contributed by atoms with Crippen LogP contribution in [0.25, 0.3) is 0 Å². The highest BCUT2D eigenvalue weighted by molar-refractivity contribution is 5.74. The molecule has 4 nitrogen and oxygen atoms in total. The summed E-state index contributed by atoms with van der Waals surface area (Å²) in [6.07, 6.45) is 3.94. The topological polar surface area (TPSA) is 67.1 Å². The van der Waals surface area contributed by atoms with Crippen molar-refractivity contribution in [1.82, 2.24) is 10.6 Å². The van der Waals surface area contributed by atoms with Gasteiger partial charge >= 0.3 is 6.03 Å². The predicted octanol–water partition coefficient (Wildman–Crippen LogP) is 1.69. The van der Waals surface area contributed by atoms with Crippen LogP contribution < -0.4 is 16.4 Å². The molecule has 0 spiro atoms. The highest BCUT2D eigenvalue weighted by Gasteiger charge is 2.28. The minimum atomic E-state index is -1.34. The Hall–Kier alpha value is -1.59. The number of rotatable bonds is 2. The molecule has 4 N–H and O–H groups in total. The second-order valence-electron chi connectivity index (χ2n) is 5.06. The van der Waals surface area contributed by atoms with E-state index in [-0.39, 0.29) is 12.5 Å². The number of nitrogens with one attached hydrogen (secondary N) is 2. The molecule has 0 saturated heterocycles. The molecule has 4 atom stereocenters. The Morgan fingerprint density at radius 3 is 2.84 bits per heavy atom. The van der Waals surface area contributed by atoms with Gasteiger partial charge in [0.1, 0.15) is 12.3 Å². The Morgan fingerprint density at radius 1 is 1.32 bits per heavy atom. The molecule has 0 aliphatic heterocycles. The number of halogens is 2. The summed E-state index contributed by atoms with van der Waals surface area (Å²) < 4.78 is 26.6. The summed E-state index contributed by atoms with van der Waals surface area (Å²) in [7, 11) is 0. The lowest BCUT2D eigenvalue weighted by Crippen LogP contribution is -2.51. The number of allylic oxidation sites excluding steroid dienone is 2. The zero-order chi connectivity index (χ0) is 13.8. The van der Waals surface area contributed by atoms with Gasteiger partial charge in [-0.3, -0.25) is 0 Å². The van der Waals surface area contributed by atoms with E-state index < -0.39 is 24.4 Å². The minimum Gasteiger partial charge on any atom is -0.402 e. The first-order valence-corrected chi connectivity index (χ1v) is 6.52. The molecule has 0 aromatic carbocycles. The van der Waals surface area contributed by atoms with Gasteiger partial charge in [-0.05, 0) is 18.9 Å². The summed E-state index contributed by atoms with van der Waals surface area (Å²) in [6.45, 7) is 0. The summed E-state index contributed by atoms with van der Waals surface area (Å²) in [6, 6.07) is -1.31. The number of hydrogen-bond acceptors (Lipinski definition) is 2. The molecular formula is C13H19F2N3O. The van der Waals surface area contributed by atoms with Crippen LogP contribution in [0.4, 0.5) is 13.6 Å². The zero-order valence-corrected chi connectivity index (χ0v) is 10.6. The third-order valence-corrected chi connectivity index (χ3v) is 3.42. The number of carbonyl (C=O) groups is 1. The Balaban J connectivity index is 1.81. The Morgan fingerprint density at radius 2 is 2.11 bits per heavy atom. The van der Waals surface area contributed by atoms with Gasteiger partial charge in [-0.1, -0.05) is 12.2 Å². The van der Waals surface area contributed by atoms with Crippen LogP contribution in [0.5, 0.6) is 0 Å². The molecule has 0 aromatic heterocycles. The molecule has 6 heteroatoms.